The Kier molecular flexibility index (Phi) is 3.27. The van der Waals surface area contributed by atoms with Gasteiger partial charge in [-0.2, -0.15) is 13.2 Å². The Balaban J connectivity index is 4.85. The summed E-state index contributed by atoms with van der Waals surface area (Å²) >= 11 is 0. The Morgan fingerprint density at radius 2 is 1.36 bits per heavy atom. The van der Waals surface area contributed by atoms with E-state index in [9.17, 15) is 22.8 Å². The Morgan fingerprint density at radius 3 is 1.57 bits per heavy atom. The van der Waals surface area contributed by atoms with E-state index < -0.39 is 28.7 Å². The summed E-state index contributed by atoms with van der Waals surface area (Å²) in [5, 5.41) is 0. The minimum absolute atomic E-state index is 0.889. The van der Waals surface area contributed by atoms with Gasteiger partial charge in [-0.05, 0) is 0 Å². The molecule has 0 aliphatic rings. The lowest BCUT2D eigenvalue weighted by atomic mass is 9.85. The minimum Gasteiger partial charge on any atom is -0.293 e. The highest BCUT2D eigenvalue weighted by molar-refractivity contribution is 6.22. The van der Waals surface area contributed by atoms with Crippen LogP contribution in [0.3, 0.4) is 0 Å². The summed E-state index contributed by atoms with van der Waals surface area (Å²) < 4.78 is 35.7. The summed E-state index contributed by atoms with van der Waals surface area (Å²) in [7, 11) is 0. The van der Waals surface area contributed by atoms with Crippen molar-refractivity contribution in [3.05, 3.63) is 12.2 Å². The van der Waals surface area contributed by atoms with Crippen LogP contribution in [0.15, 0.2) is 12.2 Å². The maximum atomic E-state index is 11.9. The molecule has 0 radical (unpaired) electrons. The Morgan fingerprint density at radius 1 is 1.00 bits per heavy atom. The third-order valence-corrected chi connectivity index (χ3v) is 1.49. The minimum atomic E-state index is -5.03. The molecule has 0 aromatic rings. The van der Waals surface area contributed by atoms with Crippen LogP contribution in [-0.4, -0.2) is 17.7 Å². The summed E-state index contributed by atoms with van der Waals surface area (Å²) in [5.41, 5.74) is -2.04. The monoisotopic (exact) mass is 208 g/mol. The van der Waals surface area contributed by atoms with Gasteiger partial charge in [-0.15, -0.1) is 0 Å². The molecule has 0 aromatic carbocycles. The quantitative estimate of drug-likeness (QED) is 0.396. The molecule has 0 saturated carbocycles. The number of allylic oxidation sites excluding steroid dienone is 1. The van der Waals surface area contributed by atoms with Gasteiger partial charge in [0.25, 0.3) is 5.78 Å². The lowest BCUT2D eigenvalue weighted by Crippen LogP contribution is -2.32. The molecule has 0 unspecified atom stereocenters. The Bertz CT molecular complexity index is 253. The fraction of sp³-hybridized carbons (Fsp3) is 0.556. The molecule has 0 heterocycles. The first-order chi connectivity index (χ1) is 5.98. The molecule has 0 saturated heterocycles. The second kappa shape index (κ2) is 3.55. The van der Waals surface area contributed by atoms with Crippen molar-refractivity contribution in [2.24, 2.45) is 5.41 Å². The lowest BCUT2D eigenvalue weighted by molar-refractivity contribution is -0.167. The van der Waals surface area contributed by atoms with E-state index in [1.165, 1.54) is 20.8 Å². The third kappa shape index (κ3) is 2.97. The van der Waals surface area contributed by atoms with Gasteiger partial charge in [-0.25, -0.2) is 0 Å². The summed E-state index contributed by atoms with van der Waals surface area (Å²) in [6.45, 7) is 7.13. The molecule has 0 aliphatic heterocycles. The fourth-order valence-corrected chi connectivity index (χ4v) is 0.727. The van der Waals surface area contributed by atoms with Crippen molar-refractivity contribution >= 4 is 11.6 Å². The largest absolute Gasteiger partial charge is 0.454 e. The average Bonchev–Trinajstić information content (AvgIpc) is 1.97. The number of hydrogen-bond acceptors (Lipinski definition) is 2. The van der Waals surface area contributed by atoms with Crippen LogP contribution in [0.1, 0.15) is 20.8 Å². The molecule has 80 valence electrons. The van der Waals surface area contributed by atoms with E-state index in [2.05, 4.69) is 6.58 Å². The normalized spacial score (nSPS) is 12.4. The SMILES string of the molecule is C=C(C(=O)C(C)(C)C)C(=O)C(F)(F)F. The number of ketones is 2. The fourth-order valence-electron chi connectivity index (χ4n) is 0.727. The van der Waals surface area contributed by atoms with Crippen molar-refractivity contribution in [2.45, 2.75) is 26.9 Å². The number of Topliss-reactive ketones (excluding diaryl/α,β-unsaturated/α-hetero) is 2. The number of halogens is 3. The van der Waals surface area contributed by atoms with Crippen molar-refractivity contribution in [1.82, 2.24) is 0 Å². The van der Waals surface area contributed by atoms with Crippen LogP contribution in [0.2, 0.25) is 0 Å². The summed E-state index contributed by atoms with van der Waals surface area (Å²) in [4.78, 5) is 21.8. The molecule has 0 aliphatic carbocycles. The first-order valence-corrected chi connectivity index (χ1v) is 3.83. The van der Waals surface area contributed by atoms with Gasteiger partial charge in [0.05, 0.1) is 5.57 Å². The predicted octanol–water partition coefficient (Wildman–Crippen LogP) is 2.29. The van der Waals surface area contributed by atoms with Crippen LogP contribution in [0.4, 0.5) is 13.2 Å². The number of alkyl halides is 3. The third-order valence-electron chi connectivity index (χ3n) is 1.49. The number of hydrogen-bond donors (Lipinski definition) is 0. The zero-order valence-electron chi connectivity index (χ0n) is 8.16. The van der Waals surface area contributed by atoms with Gasteiger partial charge in [-0.3, -0.25) is 9.59 Å². The van der Waals surface area contributed by atoms with Gasteiger partial charge >= 0.3 is 6.18 Å². The molecule has 0 bridgehead atoms. The molecule has 2 nitrogen and oxygen atoms in total. The molecule has 0 aromatic heterocycles. The molecular weight excluding hydrogens is 197 g/mol. The lowest BCUT2D eigenvalue weighted by Gasteiger charge is -2.17. The molecule has 14 heavy (non-hydrogen) atoms. The van der Waals surface area contributed by atoms with Gasteiger partial charge in [0.2, 0.25) is 0 Å². The van der Waals surface area contributed by atoms with Crippen LogP contribution in [0.5, 0.6) is 0 Å². The van der Waals surface area contributed by atoms with Crippen molar-refractivity contribution in [2.75, 3.05) is 0 Å². The average molecular weight is 208 g/mol. The Labute approximate surface area is 79.8 Å². The molecular formula is C9H11F3O2. The smallest absolute Gasteiger partial charge is 0.293 e. The van der Waals surface area contributed by atoms with Crippen LogP contribution >= 0.6 is 0 Å². The first kappa shape index (κ1) is 12.9. The van der Waals surface area contributed by atoms with E-state index in [4.69, 9.17) is 0 Å². The van der Waals surface area contributed by atoms with E-state index in [-0.39, 0.29) is 0 Å². The van der Waals surface area contributed by atoms with Crippen LogP contribution < -0.4 is 0 Å². The van der Waals surface area contributed by atoms with Crippen molar-refractivity contribution in [3.8, 4) is 0 Å². The zero-order chi connectivity index (χ0) is 11.7. The number of carbonyl (C=O) groups excluding carboxylic acids is 2. The van der Waals surface area contributed by atoms with Crippen LogP contribution in [-0.2, 0) is 9.59 Å². The molecule has 0 amide bonds. The maximum absolute atomic E-state index is 11.9. The molecule has 0 rings (SSSR count). The van der Waals surface area contributed by atoms with Gasteiger partial charge in [-0.1, -0.05) is 27.4 Å². The van der Waals surface area contributed by atoms with E-state index in [1.54, 1.807) is 0 Å². The topological polar surface area (TPSA) is 34.1 Å². The maximum Gasteiger partial charge on any atom is 0.454 e. The highest BCUT2D eigenvalue weighted by Crippen LogP contribution is 2.25. The summed E-state index contributed by atoms with van der Waals surface area (Å²) in [5.74, 6) is -3.06. The van der Waals surface area contributed by atoms with Gasteiger partial charge in [0.1, 0.15) is 0 Å². The molecule has 5 heteroatoms. The molecule has 0 fully saturated rings. The number of carbonyl (C=O) groups is 2. The first-order valence-electron chi connectivity index (χ1n) is 3.83. The zero-order valence-corrected chi connectivity index (χ0v) is 8.16. The Hall–Kier alpha value is -1.13. The second-order valence-corrected chi connectivity index (χ2v) is 3.88. The molecule has 0 N–H and O–H groups in total. The van der Waals surface area contributed by atoms with Gasteiger partial charge in [0, 0.05) is 5.41 Å². The number of rotatable bonds is 2. The van der Waals surface area contributed by atoms with Gasteiger partial charge in [0.15, 0.2) is 5.78 Å². The molecule has 0 atom stereocenters. The highest BCUT2D eigenvalue weighted by atomic mass is 19.4. The van der Waals surface area contributed by atoms with E-state index >= 15 is 0 Å². The predicted molar refractivity (Wildman–Crippen MR) is 44.7 cm³/mol. The summed E-state index contributed by atoms with van der Waals surface area (Å²) in [6, 6.07) is 0. The second-order valence-electron chi connectivity index (χ2n) is 3.88. The standard InChI is InChI=1S/C9H11F3O2/c1-5(6(13)8(2,3)4)7(14)9(10,11)12/h1H2,2-4H3. The van der Waals surface area contributed by atoms with E-state index in [1.807, 2.05) is 0 Å². The van der Waals surface area contributed by atoms with Gasteiger partial charge < -0.3 is 0 Å². The van der Waals surface area contributed by atoms with Crippen LogP contribution in [0.25, 0.3) is 0 Å². The highest BCUT2D eigenvalue weighted by Gasteiger charge is 2.43. The van der Waals surface area contributed by atoms with Crippen molar-refractivity contribution in [1.29, 1.82) is 0 Å². The molecule has 0 spiro atoms. The van der Waals surface area contributed by atoms with E-state index in [0.717, 1.165) is 0 Å². The summed E-state index contributed by atoms with van der Waals surface area (Å²) in [6.07, 6.45) is -5.03. The van der Waals surface area contributed by atoms with Crippen LogP contribution in [0, 0.1) is 5.41 Å². The van der Waals surface area contributed by atoms with E-state index in [0.29, 0.717) is 0 Å². The van der Waals surface area contributed by atoms with Crippen molar-refractivity contribution in [3.63, 3.8) is 0 Å². The van der Waals surface area contributed by atoms with Crippen molar-refractivity contribution < 1.29 is 22.8 Å².